The van der Waals surface area contributed by atoms with Gasteiger partial charge < -0.3 is 9.63 Å². The molecule has 0 aliphatic heterocycles. The van der Waals surface area contributed by atoms with Crippen LogP contribution in [0.3, 0.4) is 0 Å². The van der Waals surface area contributed by atoms with Gasteiger partial charge in [-0.15, -0.1) is 0 Å². The molecule has 18 heavy (non-hydrogen) atoms. The predicted molar refractivity (Wildman–Crippen MR) is 65.5 cm³/mol. The topological polar surface area (TPSA) is 63.3 Å². The molecule has 1 aliphatic rings. The van der Waals surface area contributed by atoms with Crippen LogP contribution in [0.5, 0.6) is 0 Å². The Kier molecular flexibility index (Phi) is 2.63. The van der Waals surface area contributed by atoms with Crippen molar-refractivity contribution in [3.8, 4) is 11.3 Å². The average Bonchev–Trinajstić information content (AvgIpc) is 2.87. The van der Waals surface area contributed by atoms with Crippen molar-refractivity contribution in [1.29, 1.82) is 0 Å². The lowest BCUT2D eigenvalue weighted by molar-refractivity contribution is 0.0652. The van der Waals surface area contributed by atoms with E-state index < -0.39 is 5.97 Å². The number of rotatable bonds is 2. The molecule has 0 spiro atoms. The molecule has 0 atom stereocenters. The predicted octanol–water partition coefficient (Wildman–Crippen LogP) is 2.92. The molecule has 1 N–H and O–H groups in total. The second-order valence-corrected chi connectivity index (χ2v) is 4.53. The first-order chi connectivity index (χ1) is 8.75. The van der Waals surface area contributed by atoms with E-state index >= 15 is 0 Å². The van der Waals surface area contributed by atoms with Crippen LogP contribution in [0.1, 0.15) is 34.5 Å². The van der Waals surface area contributed by atoms with Gasteiger partial charge in [0.2, 0.25) is 5.76 Å². The lowest BCUT2D eigenvalue weighted by Gasteiger charge is -2.17. The maximum absolute atomic E-state index is 10.8. The number of fused-ring (bicyclic) bond motifs is 1. The van der Waals surface area contributed by atoms with Crippen LogP contribution >= 0.6 is 0 Å². The Labute approximate surface area is 104 Å². The van der Waals surface area contributed by atoms with E-state index in [0.29, 0.717) is 5.69 Å². The van der Waals surface area contributed by atoms with Crippen LogP contribution in [-0.4, -0.2) is 16.2 Å². The fraction of sp³-hybridized carbons (Fsp3) is 0.286. The van der Waals surface area contributed by atoms with E-state index in [-0.39, 0.29) is 5.76 Å². The Morgan fingerprint density at radius 2 is 2.11 bits per heavy atom. The van der Waals surface area contributed by atoms with E-state index in [1.54, 1.807) is 0 Å². The molecule has 0 amide bonds. The Hall–Kier alpha value is -2.10. The summed E-state index contributed by atoms with van der Waals surface area (Å²) in [6.45, 7) is 0. The largest absolute Gasteiger partial charge is 0.475 e. The average molecular weight is 243 g/mol. The van der Waals surface area contributed by atoms with Crippen molar-refractivity contribution in [3.63, 3.8) is 0 Å². The van der Waals surface area contributed by atoms with E-state index in [1.807, 2.05) is 12.1 Å². The standard InChI is InChI=1S/C14H13NO3/c16-14(17)13-8-12(15-18-13)11-7-3-5-9-4-1-2-6-10(9)11/h3,5,7-8H,1-2,4,6H2,(H,16,17). The van der Waals surface area contributed by atoms with Crippen LogP contribution in [0.2, 0.25) is 0 Å². The molecular weight excluding hydrogens is 230 g/mol. The van der Waals surface area contributed by atoms with E-state index in [4.69, 9.17) is 9.63 Å². The summed E-state index contributed by atoms with van der Waals surface area (Å²) in [7, 11) is 0. The highest BCUT2D eigenvalue weighted by Gasteiger charge is 2.18. The van der Waals surface area contributed by atoms with Crippen molar-refractivity contribution in [1.82, 2.24) is 5.16 Å². The smallest absolute Gasteiger partial charge is 0.374 e. The Bertz CT molecular complexity index is 601. The maximum atomic E-state index is 10.8. The number of aryl methyl sites for hydroxylation is 1. The van der Waals surface area contributed by atoms with Gasteiger partial charge in [-0.2, -0.15) is 0 Å². The minimum atomic E-state index is -1.08. The summed E-state index contributed by atoms with van der Waals surface area (Å²) in [5.41, 5.74) is 4.25. The van der Waals surface area contributed by atoms with Crippen LogP contribution in [0.25, 0.3) is 11.3 Å². The highest BCUT2D eigenvalue weighted by molar-refractivity contribution is 5.86. The van der Waals surface area contributed by atoms with Gasteiger partial charge >= 0.3 is 5.97 Å². The highest BCUT2D eigenvalue weighted by atomic mass is 16.5. The molecule has 1 heterocycles. The number of hydrogen-bond donors (Lipinski definition) is 1. The number of aromatic carboxylic acids is 1. The number of hydrogen-bond acceptors (Lipinski definition) is 3. The third-order valence-corrected chi connectivity index (χ3v) is 3.39. The maximum Gasteiger partial charge on any atom is 0.374 e. The van der Waals surface area contributed by atoms with Crippen LogP contribution in [0, 0.1) is 0 Å². The normalized spacial score (nSPS) is 14.2. The monoisotopic (exact) mass is 243 g/mol. The molecule has 1 aliphatic carbocycles. The third kappa shape index (κ3) is 1.79. The minimum absolute atomic E-state index is 0.113. The SMILES string of the molecule is O=C(O)c1cc(-c2cccc3c2CCCC3)no1. The van der Waals surface area contributed by atoms with E-state index in [0.717, 1.165) is 18.4 Å². The summed E-state index contributed by atoms with van der Waals surface area (Å²) < 4.78 is 4.82. The summed E-state index contributed by atoms with van der Waals surface area (Å²) in [4.78, 5) is 10.8. The fourth-order valence-electron chi connectivity index (χ4n) is 2.52. The molecule has 3 rings (SSSR count). The number of carbonyl (C=O) groups is 1. The summed E-state index contributed by atoms with van der Waals surface area (Å²) in [6, 6.07) is 7.60. The third-order valence-electron chi connectivity index (χ3n) is 3.39. The fourth-order valence-corrected chi connectivity index (χ4v) is 2.52. The number of nitrogens with zero attached hydrogens (tertiary/aromatic N) is 1. The molecule has 1 aromatic heterocycles. The zero-order chi connectivity index (χ0) is 12.5. The van der Waals surface area contributed by atoms with Gasteiger partial charge in [0.15, 0.2) is 0 Å². The summed E-state index contributed by atoms with van der Waals surface area (Å²) in [6.07, 6.45) is 4.51. The van der Waals surface area contributed by atoms with E-state index in [2.05, 4.69) is 11.2 Å². The zero-order valence-corrected chi connectivity index (χ0v) is 9.85. The quantitative estimate of drug-likeness (QED) is 0.880. The van der Waals surface area contributed by atoms with Gasteiger partial charge in [-0.1, -0.05) is 23.4 Å². The minimum Gasteiger partial charge on any atom is -0.475 e. The summed E-state index contributed by atoms with van der Waals surface area (Å²) in [5, 5.41) is 12.7. The zero-order valence-electron chi connectivity index (χ0n) is 9.85. The van der Waals surface area contributed by atoms with Crippen LogP contribution in [-0.2, 0) is 12.8 Å². The van der Waals surface area contributed by atoms with E-state index in [9.17, 15) is 4.79 Å². The van der Waals surface area contributed by atoms with Gasteiger partial charge in [-0.05, 0) is 36.8 Å². The number of carboxylic acid groups (broad SMARTS) is 1. The van der Waals surface area contributed by atoms with Crippen molar-refractivity contribution < 1.29 is 14.4 Å². The highest BCUT2D eigenvalue weighted by Crippen LogP contribution is 2.31. The summed E-state index contributed by atoms with van der Waals surface area (Å²) in [5.74, 6) is -1.20. The van der Waals surface area contributed by atoms with Crippen molar-refractivity contribution >= 4 is 5.97 Å². The van der Waals surface area contributed by atoms with Crippen molar-refractivity contribution in [3.05, 3.63) is 41.2 Å². The molecule has 4 heteroatoms. The molecule has 0 bridgehead atoms. The van der Waals surface area contributed by atoms with Crippen LogP contribution in [0.15, 0.2) is 28.8 Å². The molecule has 0 unspecified atom stereocenters. The Balaban J connectivity index is 2.08. The molecule has 4 nitrogen and oxygen atoms in total. The van der Waals surface area contributed by atoms with Crippen LogP contribution in [0.4, 0.5) is 0 Å². The lowest BCUT2D eigenvalue weighted by atomic mass is 9.87. The van der Waals surface area contributed by atoms with E-state index in [1.165, 1.54) is 30.0 Å². The van der Waals surface area contributed by atoms with Gasteiger partial charge in [0.1, 0.15) is 5.69 Å². The molecular formula is C14H13NO3. The molecule has 0 fully saturated rings. The Morgan fingerprint density at radius 3 is 2.89 bits per heavy atom. The number of carboxylic acids is 1. The van der Waals surface area contributed by atoms with Gasteiger partial charge in [0.25, 0.3) is 0 Å². The number of aromatic nitrogens is 1. The molecule has 1 aromatic carbocycles. The second kappa shape index (κ2) is 4.29. The van der Waals surface area contributed by atoms with Crippen molar-refractivity contribution in [2.24, 2.45) is 0 Å². The first-order valence-electron chi connectivity index (χ1n) is 6.07. The van der Waals surface area contributed by atoms with Gasteiger partial charge in [-0.25, -0.2) is 4.79 Å². The first-order valence-corrected chi connectivity index (χ1v) is 6.07. The summed E-state index contributed by atoms with van der Waals surface area (Å²) >= 11 is 0. The van der Waals surface area contributed by atoms with Gasteiger partial charge in [0.05, 0.1) is 0 Å². The van der Waals surface area contributed by atoms with Crippen LogP contribution < -0.4 is 0 Å². The first kappa shape index (κ1) is 11.0. The molecule has 0 saturated carbocycles. The van der Waals surface area contributed by atoms with Gasteiger partial charge in [0, 0.05) is 11.6 Å². The molecule has 2 aromatic rings. The second-order valence-electron chi connectivity index (χ2n) is 4.53. The molecule has 0 radical (unpaired) electrons. The van der Waals surface area contributed by atoms with Crippen molar-refractivity contribution in [2.75, 3.05) is 0 Å². The van der Waals surface area contributed by atoms with Gasteiger partial charge in [-0.3, -0.25) is 0 Å². The molecule has 92 valence electrons. The Morgan fingerprint density at radius 1 is 1.28 bits per heavy atom. The van der Waals surface area contributed by atoms with Crippen molar-refractivity contribution in [2.45, 2.75) is 25.7 Å². The lowest BCUT2D eigenvalue weighted by Crippen LogP contribution is -2.04. The molecule has 0 saturated heterocycles. The number of benzene rings is 1.